The van der Waals surface area contributed by atoms with E-state index in [9.17, 15) is 13.0 Å². The van der Waals surface area contributed by atoms with Crippen LogP contribution in [0.15, 0.2) is 57.3 Å². The maximum Gasteiger partial charge on any atom is 0.295 e. The molecule has 28 heavy (non-hydrogen) atoms. The SMILES string of the molecule is C=Nc1cc2nc3c4ccc(S(=O)(=O)O)c5cccc(c3[nH]c2cc1=NC)c54. The number of nitrogens with one attached hydrogen (secondary N) is 1. The number of rotatable bonds is 2. The molecule has 0 aliphatic rings. The highest BCUT2D eigenvalue weighted by Gasteiger charge is 2.20. The lowest BCUT2D eigenvalue weighted by molar-refractivity contribution is 0.484. The summed E-state index contributed by atoms with van der Waals surface area (Å²) in [5.41, 5.74) is 3.64. The predicted octanol–water partition coefficient (Wildman–Crippen LogP) is 3.57. The van der Waals surface area contributed by atoms with Gasteiger partial charge in [-0.3, -0.25) is 14.5 Å². The van der Waals surface area contributed by atoms with Crippen molar-refractivity contribution in [3.63, 3.8) is 0 Å². The van der Waals surface area contributed by atoms with E-state index in [0.717, 1.165) is 32.7 Å². The number of H-pyrrole nitrogens is 1. The van der Waals surface area contributed by atoms with Gasteiger partial charge in [0.1, 0.15) is 4.90 Å². The summed E-state index contributed by atoms with van der Waals surface area (Å²) in [6, 6.07) is 12.1. The fraction of sp³-hybridized carbons (Fsp3) is 0.0500. The standard InChI is InChI=1S/C20H14N4O3S/c1-21-13-8-15-16(9-14(13)22-2)24-20-12-6-7-17(28(25,26)27)10-4-3-5-11(18(10)12)19(20)23-15/h3-9,23H,2H2,1H3,(H,25,26,27). The van der Waals surface area contributed by atoms with Crippen LogP contribution in [0.5, 0.6) is 0 Å². The lowest BCUT2D eigenvalue weighted by Crippen LogP contribution is -2.02. The first kappa shape index (κ1) is 16.8. The van der Waals surface area contributed by atoms with Gasteiger partial charge in [0.05, 0.1) is 33.1 Å². The molecule has 2 N–H and O–H groups in total. The maximum absolute atomic E-state index is 11.8. The molecule has 1 heterocycles. The van der Waals surface area contributed by atoms with Gasteiger partial charge in [-0.15, -0.1) is 0 Å². The van der Waals surface area contributed by atoms with Gasteiger partial charge in [-0.1, -0.05) is 24.3 Å². The second-order valence-corrected chi connectivity index (χ2v) is 7.90. The second-order valence-electron chi connectivity index (χ2n) is 6.51. The van der Waals surface area contributed by atoms with Crippen LogP contribution in [0.4, 0.5) is 5.69 Å². The largest absolute Gasteiger partial charge is 0.351 e. The Morgan fingerprint density at radius 1 is 1.11 bits per heavy atom. The number of hydrogen-bond donors (Lipinski definition) is 2. The molecule has 0 saturated carbocycles. The summed E-state index contributed by atoms with van der Waals surface area (Å²) in [4.78, 5) is 16.3. The summed E-state index contributed by atoms with van der Waals surface area (Å²) in [6.07, 6.45) is 0. The van der Waals surface area contributed by atoms with E-state index >= 15 is 0 Å². The van der Waals surface area contributed by atoms with Gasteiger partial charge in [-0.25, -0.2) is 4.98 Å². The number of hydrogen-bond acceptors (Lipinski definition) is 5. The first-order valence-corrected chi connectivity index (χ1v) is 9.88. The van der Waals surface area contributed by atoms with Gasteiger partial charge < -0.3 is 4.98 Å². The molecular formula is C20H14N4O3S. The summed E-state index contributed by atoms with van der Waals surface area (Å²) in [6.45, 7) is 3.59. The van der Waals surface area contributed by atoms with Crippen molar-refractivity contribution in [2.24, 2.45) is 9.98 Å². The van der Waals surface area contributed by atoms with Gasteiger partial charge in [-0.2, -0.15) is 8.42 Å². The first-order valence-electron chi connectivity index (χ1n) is 8.44. The molecule has 138 valence electrons. The van der Waals surface area contributed by atoms with Crippen molar-refractivity contribution in [1.29, 1.82) is 0 Å². The van der Waals surface area contributed by atoms with Gasteiger partial charge >= 0.3 is 0 Å². The van der Waals surface area contributed by atoms with Gasteiger partial charge in [0, 0.05) is 28.6 Å². The molecule has 4 aromatic carbocycles. The molecule has 0 amide bonds. The molecule has 8 heteroatoms. The molecular weight excluding hydrogens is 376 g/mol. The Morgan fingerprint density at radius 2 is 1.89 bits per heavy atom. The smallest absolute Gasteiger partial charge is 0.295 e. The quantitative estimate of drug-likeness (QED) is 0.355. The normalized spacial score (nSPS) is 13.3. The third kappa shape index (κ3) is 2.19. The van der Waals surface area contributed by atoms with Crippen molar-refractivity contribution in [1.82, 2.24) is 9.97 Å². The summed E-state index contributed by atoms with van der Waals surface area (Å²) in [5, 5.41) is 3.55. The van der Waals surface area contributed by atoms with Gasteiger partial charge in [0.25, 0.3) is 10.1 Å². The van der Waals surface area contributed by atoms with Crippen molar-refractivity contribution < 1.29 is 13.0 Å². The average molecular weight is 390 g/mol. The van der Waals surface area contributed by atoms with Crippen molar-refractivity contribution >= 4 is 66.1 Å². The van der Waals surface area contributed by atoms with Crippen LogP contribution in [0.3, 0.4) is 0 Å². The van der Waals surface area contributed by atoms with E-state index < -0.39 is 10.1 Å². The summed E-state index contributed by atoms with van der Waals surface area (Å²) < 4.78 is 33.2. The van der Waals surface area contributed by atoms with Crippen molar-refractivity contribution in [2.75, 3.05) is 7.05 Å². The van der Waals surface area contributed by atoms with E-state index in [1.54, 1.807) is 25.2 Å². The van der Waals surface area contributed by atoms with Crippen LogP contribution in [0, 0.1) is 0 Å². The topological polar surface area (TPSA) is 108 Å². The first-order chi connectivity index (χ1) is 13.4. The summed E-state index contributed by atoms with van der Waals surface area (Å²) >= 11 is 0. The Hall–Kier alpha value is -3.36. The van der Waals surface area contributed by atoms with Gasteiger partial charge in [-0.05, 0) is 24.9 Å². The van der Waals surface area contributed by atoms with Crippen LogP contribution in [-0.2, 0) is 10.1 Å². The van der Waals surface area contributed by atoms with Crippen LogP contribution < -0.4 is 5.36 Å². The van der Waals surface area contributed by atoms with E-state index in [1.807, 2.05) is 18.2 Å². The van der Waals surface area contributed by atoms with Gasteiger partial charge in [0.2, 0.25) is 0 Å². The molecule has 0 aliphatic heterocycles. The highest BCUT2D eigenvalue weighted by molar-refractivity contribution is 7.86. The zero-order valence-corrected chi connectivity index (χ0v) is 15.6. The minimum Gasteiger partial charge on any atom is -0.351 e. The van der Waals surface area contributed by atoms with E-state index in [-0.39, 0.29) is 4.90 Å². The van der Waals surface area contributed by atoms with Crippen LogP contribution in [0.25, 0.3) is 43.6 Å². The van der Waals surface area contributed by atoms with Crippen LogP contribution >= 0.6 is 0 Å². The van der Waals surface area contributed by atoms with E-state index in [1.165, 1.54) is 6.07 Å². The number of aromatic nitrogens is 2. The number of fused-ring (bicyclic) bond motifs is 4. The zero-order chi connectivity index (χ0) is 19.6. The summed E-state index contributed by atoms with van der Waals surface area (Å²) in [7, 11) is -2.66. The molecule has 0 unspecified atom stereocenters. The van der Waals surface area contributed by atoms with Crippen LogP contribution in [0.1, 0.15) is 0 Å². The molecule has 0 radical (unpaired) electrons. The Bertz CT molecular complexity index is 1620. The van der Waals surface area contributed by atoms with Crippen LogP contribution in [0.2, 0.25) is 0 Å². The third-order valence-electron chi connectivity index (χ3n) is 5.04. The molecule has 0 aliphatic carbocycles. The monoisotopic (exact) mass is 390 g/mol. The number of nitrogens with zero attached hydrogens (tertiary/aromatic N) is 3. The minimum absolute atomic E-state index is 0.115. The molecule has 0 saturated heterocycles. The fourth-order valence-electron chi connectivity index (χ4n) is 3.83. The Labute approximate surface area is 159 Å². The second kappa shape index (κ2) is 5.57. The highest BCUT2D eigenvalue weighted by Crippen LogP contribution is 2.39. The molecule has 5 aromatic rings. The highest BCUT2D eigenvalue weighted by atomic mass is 32.2. The van der Waals surface area contributed by atoms with E-state index in [2.05, 4.69) is 21.7 Å². The van der Waals surface area contributed by atoms with E-state index in [0.29, 0.717) is 21.9 Å². The molecule has 1 aromatic heterocycles. The minimum atomic E-state index is -4.34. The molecule has 0 atom stereocenters. The molecule has 7 nitrogen and oxygen atoms in total. The van der Waals surface area contributed by atoms with Gasteiger partial charge in [0.15, 0.2) is 0 Å². The lowest BCUT2D eigenvalue weighted by atomic mass is 10.1. The Balaban J connectivity index is 2.03. The van der Waals surface area contributed by atoms with Crippen molar-refractivity contribution in [3.05, 3.63) is 47.8 Å². The number of aromatic amines is 1. The maximum atomic E-state index is 11.8. The third-order valence-corrected chi connectivity index (χ3v) is 5.95. The summed E-state index contributed by atoms with van der Waals surface area (Å²) in [5.74, 6) is 0. The average Bonchev–Trinajstić information content (AvgIpc) is 2.99. The molecule has 0 spiro atoms. The predicted molar refractivity (Wildman–Crippen MR) is 110 cm³/mol. The molecule has 5 rings (SSSR count). The van der Waals surface area contributed by atoms with Crippen LogP contribution in [-0.4, -0.2) is 36.7 Å². The van der Waals surface area contributed by atoms with Crippen molar-refractivity contribution in [3.8, 4) is 0 Å². The van der Waals surface area contributed by atoms with Crippen molar-refractivity contribution in [2.45, 2.75) is 4.90 Å². The molecule has 0 bridgehead atoms. The number of benzene rings is 3. The molecule has 0 fully saturated rings. The Morgan fingerprint density at radius 3 is 2.61 bits per heavy atom. The van der Waals surface area contributed by atoms with E-state index in [4.69, 9.17) is 4.98 Å². The fourth-order valence-corrected chi connectivity index (χ4v) is 4.52. The lowest BCUT2D eigenvalue weighted by Gasteiger charge is -2.04. The number of aliphatic imine (C=N–C) groups is 1. The Kier molecular flexibility index (Phi) is 3.34. The zero-order valence-electron chi connectivity index (χ0n) is 14.8.